The van der Waals surface area contributed by atoms with E-state index in [-0.39, 0.29) is 6.10 Å². The van der Waals surface area contributed by atoms with Gasteiger partial charge in [-0.15, -0.1) is 0 Å². The van der Waals surface area contributed by atoms with Crippen LogP contribution >= 0.6 is 0 Å². The Bertz CT molecular complexity index is 367. The number of methoxy groups -OCH3 is 2. The van der Waals surface area contributed by atoms with Gasteiger partial charge in [-0.2, -0.15) is 0 Å². The monoisotopic (exact) mass is 266 g/mol. The van der Waals surface area contributed by atoms with Crippen LogP contribution < -0.4 is 10.5 Å². The molecule has 0 fully saturated rings. The lowest BCUT2D eigenvalue weighted by atomic mass is 10.0. The maximum atomic E-state index is 5.66. The van der Waals surface area contributed by atoms with E-state index in [1.165, 1.54) is 5.56 Å². The Labute approximate surface area is 116 Å². The van der Waals surface area contributed by atoms with Gasteiger partial charge in [-0.05, 0) is 32.0 Å². The van der Waals surface area contributed by atoms with Gasteiger partial charge in [-0.25, -0.2) is 0 Å². The summed E-state index contributed by atoms with van der Waals surface area (Å²) in [6.07, 6.45) is 1.03. The maximum Gasteiger partial charge on any atom is 0.122 e. The number of nitrogens with two attached hydrogens (primary N) is 1. The highest BCUT2D eigenvalue weighted by atomic mass is 16.5. The quantitative estimate of drug-likeness (QED) is 0.775. The SMILES string of the molecule is COc1ccccc1CC(C)N(C)CC(CN)OC. The Balaban J connectivity index is 2.60. The van der Waals surface area contributed by atoms with E-state index >= 15 is 0 Å². The fourth-order valence-electron chi connectivity index (χ4n) is 2.09. The molecule has 1 aromatic rings. The van der Waals surface area contributed by atoms with Crippen LogP contribution in [0.2, 0.25) is 0 Å². The summed E-state index contributed by atoms with van der Waals surface area (Å²) in [4.78, 5) is 2.27. The zero-order valence-corrected chi connectivity index (χ0v) is 12.4. The van der Waals surface area contributed by atoms with Crippen molar-refractivity contribution in [2.75, 3.05) is 34.4 Å². The number of ether oxygens (including phenoxy) is 2. The van der Waals surface area contributed by atoms with Crippen molar-refractivity contribution in [3.8, 4) is 5.75 Å². The first kappa shape index (κ1) is 16.0. The van der Waals surface area contributed by atoms with E-state index in [0.717, 1.165) is 18.7 Å². The van der Waals surface area contributed by atoms with Crippen LogP contribution in [-0.2, 0) is 11.2 Å². The highest BCUT2D eigenvalue weighted by Crippen LogP contribution is 2.20. The average molecular weight is 266 g/mol. The zero-order chi connectivity index (χ0) is 14.3. The molecule has 2 unspecified atom stereocenters. The third-order valence-corrected chi connectivity index (χ3v) is 3.55. The molecule has 2 atom stereocenters. The second-order valence-corrected chi connectivity index (χ2v) is 4.90. The molecule has 0 aliphatic heterocycles. The van der Waals surface area contributed by atoms with Crippen molar-refractivity contribution in [2.24, 2.45) is 5.73 Å². The molecule has 108 valence electrons. The number of para-hydroxylation sites is 1. The van der Waals surface area contributed by atoms with Crippen LogP contribution in [-0.4, -0.2) is 51.4 Å². The molecule has 4 nitrogen and oxygen atoms in total. The van der Waals surface area contributed by atoms with Crippen molar-refractivity contribution >= 4 is 0 Å². The van der Waals surface area contributed by atoms with Crippen LogP contribution in [0.25, 0.3) is 0 Å². The van der Waals surface area contributed by atoms with E-state index in [2.05, 4.69) is 24.9 Å². The molecular weight excluding hydrogens is 240 g/mol. The van der Waals surface area contributed by atoms with Gasteiger partial charge in [0, 0.05) is 26.2 Å². The lowest BCUT2D eigenvalue weighted by Crippen LogP contribution is -2.40. The molecule has 0 aromatic heterocycles. The Morgan fingerprint density at radius 3 is 2.53 bits per heavy atom. The van der Waals surface area contributed by atoms with E-state index in [1.807, 2.05) is 18.2 Å². The highest BCUT2D eigenvalue weighted by molar-refractivity contribution is 5.33. The molecule has 0 aliphatic carbocycles. The minimum atomic E-state index is 0.0881. The molecule has 1 rings (SSSR count). The van der Waals surface area contributed by atoms with Gasteiger partial charge < -0.3 is 20.1 Å². The van der Waals surface area contributed by atoms with E-state index in [1.54, 1.807) is 14.2 Å². The first-order valence-corrected chi connectivity index (χ1v) is 6.67. The van der Waals surface area contributed by atoms with Gasteiger partial charge >= 0.3 is 0 Å². The number of hydrogen-bond acceptors (Lipinski definition) is 4. The molecule has 0 saturated carbocycles. The Kier molecular flexibility index (Phi) is 6.84. The predicted molar refractivity (Wildman–Crippen MR) is 78.6 cm³/mol. The molecule has 0 aliphatic rings. The van der Waals surface area contributed by atoms with Crippen LogP contribution in [0.15, 0.2) is 24.3 Å². The number of nitrogens with zero attached hydrogens (tertiary/aromatic N) is 1. The average Bonchev–Trinajstić information content (AvgIpc) is 2.44. The van der Waals surface area contributed by atoms with E-state index in [4.69, 9.17) is 15.2 Å². The fourth-order valence-corrected chi connectivity index (χ4v) is 2.09. The molecule has 0 bridgehead atoms. The van der Waals surface area contributed by atoms with E-state index in [0.29, 0.717) is 12.6 Å². The van der Waals surface area contributed by atoms with Gasteiger partial charge in [-0.3, -0.25) is 0 Å². The molecule has 0 heterocycles. The molecule has 0 radical (unpaired) electrons. The van der Waals surface area contributed by atoms with Gasteiger partial charge in [0.1, 0.15) is 5.75 Å². The normalized spacial score (nSPS) is 14.4. The standard InChI is InChI=1S/C15H26N2O2/c1-12(17(2)11-14(10-16)18-3)9-13-7-5-6-8-15(13)19-4/h5-8,12,14H,9-11,16H2,1-4H3. The smallest absolute Gasteiger partial charge is 0.122 e. The summed E-state index contributed by atoms with van der Waals surface area (Å²) in [5.41, 5.74) is 6.89. The molecule has 2 N–H and O–H groups in total. The first-order valence-electron chi connectivity index (χ1n) is 6.67. The zero-order valence-electron chi connectivity index (χ0n) is 12.4. The fraction of sp³-hybridized carbons (Fsp3) is 0.600. The predicted octanol–water partition coefficient (Wildman–Crippen LogP) is 1.53. The third-order valence-electron chi connectivity index (χ3n) is 3.55. The van der Waals surface area contributed by atoms with Crippen molar-refractivity contribution in [2.45, 2.75) is 25.5 Å². The third kappa shape index (κ3) is 4.82. The lowest BCUT2D eigenvalue weighted by Gasteiger charge is -2.28. The summed E-state index contributed by atoms with van der Waals surface area (Å²) in [5.74, 6) is 0.949. The summed E-state index contributed by atoms with van der Waals surface area (Å²) in [6.45, 7) is 3.58. The highest BCUT2D eigenvalue weighted by Gasteiger charge is 2.16. The summed E-state index contributed by atoms with van der Waals surface area (Å²) >= 11 is 0. The summed E-state index contributed by atoms with van der Waals surface area (Å²) in [7, 11) is 5.51. The number of likely N-dealkylation sites (N-methyl/N-ethyl adjacent to an activating group) is 1. The van der Waals surface area contributed by atoms with Crippen LogP contribution in [0.3, 0.4) is 0 Å². The van der Waals surface area contributed by atoms with Gasteiger partial charge in [0.25, 0.3) is 0 Å². The van der Waals surface area contributed by atoms with Crippen LogP contribution in [0.4, 0.5) is 0 Å². The summed E-state index contributed by atoms with van der Waals surface area (Å²) < 4.78 is 10.7. The minimum absolute atomic E-state index is 0.0881. The largest absolute Gasteiger partial charge is 0.496 e. The van der Waals surface area contributed by atoms with E-state index < -0.39 is 0 Å². The van der Waals surface area contributed by atoms with Gasteiger partial charge in [0.05, 0.1) is 13.2 Å². The second kappa shape index (κ2) is 8.15. The number of hydrogen-bond donors (Lipinski definition) is 1. The van der Waals surface area contributed by atoms with Crippen molar-refractivity contribution < 1.29 is 9.47 Å². The molecule has 0 amide bonds. The minimum Gasteiger partial charge on any atom is -0.496 e. The first-order chi connectivity index (χ1) is 9.12. The molecule has 0 spiro atoms. The maximum absolute atomic E-state index is 5.66. The van der Waals surface area contributed by atoms with Crippen LogP contribution in [0.5, 0.6) is 5.75 Å². The van der Waals surface area contributed by atoms with Crippen LogP contribution in [0, 0.1) is 0 Å². The van der Waals surface area contributed by atoms with Crippen molar-refractivity contribution in [1.82, 2.24) is 4.90 Å². The lowest BCUT2D eigenvalue weighted by molar-refractivity contribution is 0.0670. The molecule has 0 saturated heterocycles. The van der Waals surface area contributed by atoms with E-state index in [9.17, 15) is 0 Å². The van der Waals surface area contributed by atoms with Crippen molar-refractivity contribution in [3.05, 3.63) is 29.8 Å². The van der Waals surface area contributed by atoms with Crippen molar-refractivity contribution in [1.29, 1.82) is 0 Å². The Morgan fingerprint density at radius 2 is 1.95 bits per heavy atom. The Hall–Kier alpha value is -1.10. The number of benzene rings is 1. The summed E-state index contributed by atoms with van der Waals surface area (Å²) in [5, 5.41) is 0. The molecular formula is C15H26N2O2. The molecule has 19 heavy (non-hydrogen) atoms. The van der Waals surface area contributed by atoms with Gasteiger partial charge in [0.15, 0.2) is 0 Å². The molecule has 1 aromatic carbocycles. The Morgan fingerprint density at radius 1 is 1.26 bits per heavy atom. The van der Waals surface area contributed by atoms with Crippen molar-refractivity contribution in [3.63, 3.8) is 0 Å². The van der Waals surface area contributed by atoms with Gasteiger partial charge in [0.2, 0.25) is 0 Å². The number of rotatable bonds is 8. The second-order valence-electron chi connectivity index (χ2n) is 4.90. The van der Waals surface area contributed by atoms with Gasteiger partial charge in [-0.1, -0.05) is 18.2 Å². The molecule has 4 heteroatoms. The summed E-state index contributed by atoms with van der Waals surface area (Å²) in [6, 6.07) is 8.55. The van der Waals surface area contributed by atoms with Crippen LogP contribution in [0.1, 0.15) is 12.5 Å². The topological polar surface area (TPSA) is 47.7 Å².